The predicted molar refractivity (Wildman–Crippen MR) is 156 cm³/mol. The number of furan rings is 1. The molecule has 192 valence electrons. The molecule has 6 nitrogen and oxygen atoms in total. The molecule has 6 rings (SSSR count). The molecule has 0 amide bonds. The van der Waals surface area contributed by atoms with Crippen LogP contribution < -0.4 is 10.3 Å². The summed E-state index contributed by atoms with van der Waals surface area (Å²) in [5, 5.41) is 7.45. The first-order chi connectivity index (χ1) is 18.9. The largest absolute Gasteiger partial charge is 0.488 e. The van der Waals surface area contributed by atoms with Gasteiger partial charge in [-0.25, -0.2) is 4.98 Å². The highest BCUT2D eigenvalue weighted by Gasteiger charge is 2.17. The van der Waals surface area contributed by atoms with Crippen LogP contribution in [0.2, 0.25) is 15.1 Å². The van der Waals surface area contributed by atoms with E-state index >= 15 is 0 Å². The van der Waals surface area contributed by atoms with Gasteiger partial charge in [-0.1, -0.05) is 59.1 Å². The van der Waals surface area contributed by atoms with Gasteiger partial charge < -0.3 is 9.15 Å². The lowest BCUT2D eigenvalue weighted by atomic mass is 10.2. The van der Waals surface area contributed by atoms with Crippen molar-refractivity contribution in [3.8, 4) is 17.3 Å². The minimum atomic E-state index is -0.351. The standard InChI is InChI=1S/C30H18Cl3N3O3/c31-21-7-5-18(6-8-21)17-38-26-11-9-23(33)14-20(26)16-34-36-29(35-25-4-2-1-3-24(25)30(36)37)28-15-19-13-22(32)10-12-27(19)39-28/h1-16H,17H2. The Morgan fingerprint density at radius 1 is 0.872 bits per heavy atom. The fourth-order valence-corrected chi connectivity index (χ4v) is 4.62. The zero-order valence-electron chi connectivity index (χ0n) is 20.1. The second kappa shape index (κ2) is 10.6. The van der Waals surface area contributed by atoms with E-state index in [1.54, 1.807) is 72.8 Å². The van der Waals surface area contributed by atoms with Crippen molar-refractivity contribution in [2.45, 2.75) is 6.61 Å². The highest BCUT2D eigenvalue weighted by molar-refractivity contribution is 6.31. The average molecular weight is 575 g/mol. The SMILES string of the molecule is O=c1c2ccccc2nc(-c2cc3cc(Cl)ccc3o2)n1N=Cc1cc(Cl)ccc1OCc1ccc(Cl)cc1. The van der Waals surface area contributed by atoms with E-state index < -0.39 is 0 Å². The van der Waals surface area contributed by atoms with Crippen LogP contribution in [0.1, 0.15) is 11.1 Å². The van der Waals surface area contributed by atoms with Gasteiger partial charge in [-0.15, -0.1) is 0 Å². The molecule has 0 unspecified atom stereocenters. The second-order valence-corrected chi connectivity index (χ2v) is 10.0. The molecule has 6 aromatic rings. The number of rotatable bonds is 6. The molecule has 0 bridgehead atoms. The maximum absolute atomic E-state index is 13.6. The van der Waals surface area contributed by atoms with Crippen molar-refractivity contribution >= 4 is 62.9 Å². The Balaban J connectivity index is 1.44. The fourth-order valence-electron chi connectivity index (χ4n) is 4.13. The fraction of sp³-hybridized carbons (Fsp3) is 0.0333. The maximum atomic E-state index is 13.6. The molecule has 0 atom stereocenters. The van der Waals surface area contributed by atoms with E-state index in [4.69, 9.17) is 48.9 Å². The number of benzene rings is 4. The number of fused-ring (bicyclic) bond motifs is 2. The van der Waals surface area contributed by atoms with Gasteiger partial charge in [0.15, 0.2) is 5.76 Å². The van der Waals surface area contributed by atoms with E-state index in [0.717, 1.165) is 10.9 Å². The molecular weight excluding hydrogens is 557 g/mol. The predicted octanol–water partition coefficient (Wildman–Crippen LogP) is 8.23. The van der Waals surface area contributed by atoms with Gasteiger partial charge in [0.05, 0.1) is 17.1 Å². The summed E-state index contributed by atoms with van der Waals surface area (Å²) in [5.74, 6) is 1.16. The Kier molecular flexibility index (Phi) is 6.83. The zero-order valence-corrected chi connectivity index (χ0v) is 22.4. The molecule has 2 aromatic heterocycles. The molecule has 0 fully saturated rings. The summed E-state index contributed by atoms with van der Waals surface area (Å²) >= 11 is 18.4. The second-order valence-electron chi connectivity index (χ2n) is 8.70. The van der Waals surface area contributed by atoms with Gasteiger partial charge in [0.1, 0.15) is 17.9 Å². The minimum Gasteiger partial charge on any atom is -0.488 e. The van der Waals surface area contributed by atoms with Gasteiger partial charge in [-0.2, -0.15) is 9.78 Å². The third-order valence-electron chi connectivity index (χ3n) is 6.04. The van der Waals surface area contributed by atoms with Crippen molar-refractivity contribution in [3.05, 3.63) is 128 Å². The first-order valence-corrected chi connectivity index (χ1v) is 13.0. The quantitative estimate of drug-likeness (QED) is 0.188. The smallest absolute Gasteiger partial charge is 0.282 e. The van der Waals surface area contributed by atoms with Crippen molar-refractivity contribution < 1.29 is 9.15 Å². The number of hydrogen-bond acceptors (Lipinski definition) is 5. The van der Waals surface area contributed by atoms with Crippen molar-refractivity contribution in [1.29, 1.82) is 0 Å². The molecule has 4 aromatic carbocycles. The summed E-state index contributed by atoms with van der Waals surface area (Å²) in [5.41, 5.74) is 2.31. The normalized spacial score (nSPS) is 11.6. The van der Waals surface area contributed by atoms with Crippen LogP contribution in [0.3, 0.4) is 0 Å². The van der Waals surface area contributed by atoms with Crippen molar-refractivity contribution in [2.24, 2.45) is 5.10 Å². The van der Waals surface area contributed by atoms with Gasteiger partial charge in [-0.3, -0.25) is 4.79 Å². The summed E-state index contributed by atoms with van der Waals surface area (Å²) in [6, 6.07) is 26.7. The van der Waals surface area contributed by atoms with E-state index in [1.807, 2.05) is 18.2 Å². The van der Waals surface area contributed by atoms with E-state index in [9.17, 15) is 4.79 Å². The molecule has 0 saturated carbocycles. The topological polar surface area (TPSA) is 69.6 Å². The van der Waals surface area contributed by atoms with E-state index in [2.05, 4.69) is 5.10 Å². The summed E-state index contributed by atoms with van der Waals surface area (Å²) in [6.45, 7) is 0.309. The van der Waals surface area contributed by atoms with E-state index in [1.165, 1.54) is 10.9 Å². The summed E-state index contributed by atoms with van der Waals surface area (Å²) < 4.78 is 13.3. The third kappa shape index (κ3) is 5.27. The number of para-hydroxylation sites is 1. The van der Waals surface area contributed by atoms with E-state index in [0.29, 0.717) is 55.2 Å². The molecule has 0 aliphatic heterocycles. The van der Waals surface area contributed by atoms with Gasteiger partial charge >= 0.3 is 0 Å². The Morgan fingerprint density at radius 2 is 1.62 bits per heavy atom. The summed E-state index contributed by atoms with van der Waals surface area (Å²) in [4.78, 5) is 18.3. The highest BCUT2D eigenvalue weighted by Crippen LogP contribution is 2.29. The minimum absolute atomic E-state index is 0.243. The van der Waals surface area contributed by atoms with Crippen molar-refractivity contribution in [2.75, 3.05) is 0 Å². The molecular formula is C30H18Cl3N3O3. The Morgan fingerprint density at radius 3 is 2.46 bits per heavy atom. The summed E-state index contributed by atoms with van der Waals surface area (Å²) in [6.07, 6.45) is 1.52. The lowest BCUT2D eigenvalue weighted by Gasteiger charge is -2.11. The number of aromatic nitrogens is 2. The number of nitrogens with zero attached hydrogens (tertiary/aromatic N) is 3. The first kappa shape index (κ1) is 25.2. The van der Waals surface area contributed by atoms with Gasteiger partial charge in [0.25, 0.3) is 5.56 Å². The van der Waals surface area contributed by atoms with Gasteiger partial charge in [0.2, 0.25) is 5.82 Å². The van der Waals surface area contributed by atoms with Gasteiger partial charge in [-0.05, 0) is 72.3 Å². The number of ether oxygens (including phenoxy) is 1. The van der Waals surface area contributed by atoms with Crippen LogP contribution in [0.25, 0.3) is 33.5 Å². The lowest BCUT2D eigenvalue weighted by Crippen LogP contribution is -2.20. The van der Waals surface area contributed by atoms with Crippen LogP contribution in [0, 0.1) is 0 Å². The Labute approximate surface area is 237 Å². The molecule has 0 aliphatic carbocycles. The molecule has 0 saturated heterocycles. The zero-order chi connectivity index (χ0) is 26.9. The molecule has 0 spiro atoms. The summed E-state index contributed by atoms with van der Waals surface area (Å²) in [7, 11) is 0. The Hall–Kier alpha value is -4.10. The van der Waals surface area contributed by atoms with Crippen LogP contribution in [-0.4, -0.2) is 15.9 Å². The van der Waals surface area contributed by atoms with Gasteiger partial charge in [0, 0.05) is 26.0 Å². The first-order valence-electron chi connectivity index (χ1n) is 11.9. The van der Waals surface area contributed by atoms with Crippen molar-refractivity contribution in [1.82, 2.24) is 9.66 Å². The van der Waals surface area contributed by atoms with Crippen LogP contribution >= 0.6 is 34.8 Å². The number of halogens is 3. The van der Waals surface area contributed by atoms with E-state index in [-0.39, 0.29) is 11.4 Å². The van der Waals surface area contributed by atoms with Crippen LogP contribution in [-0.2, 0) is 6.61 Å². The molecule has 2 heterocycles. The van der Waals surface area contributed by atoms with Crippen molar-refractivity contribution in [3.63, 3.8) is 0 Å². The van der Waals surface area contributed by atoms with Crippen LogP contribution in [0.5, 0.6) is 5.75 Å². The maximum Gasteiger partial charge on any atom is 0.282 e. The number of hydrogen-bond donors (Lipinski definition) is 0. The highest BCUT2D eigenvalue weighted by atomic mass is 35.5. The monoisotopic (exact) mass is 573 g/mol. The molecule has 39 heavy (non-hydrogen) atoms. The molecule has 0 aliphatic rings. The third-order valence-corrected chi connectivity index (χ3v) is 6.77. The van der Waals surface area contributed by atoms with Crippen LogP contribution in [0.4, 0.5) is 0 Å². The Bertz CT molecular complexity index is 1930. The lowest BCUT2D eigenvalue weighted by molar-refractivity contribution is 0.306. The molecule has 9 heteroatoms. The van der Waals surface area contributed by atoms with Crippen LogP contribution in [0.15, 0.2) is 105 Å². The molecule has 0 radical (unpaired) electrons. The molecule has 0 N–H and O–H groups in total. The average Bonchev–Trinajstić information content (AvgIpc) is 3.36.